The van der Waals surface area contributed by atoms with Gasteiger partial charge in [-0.3, -0.25) is 0 Å². The lowest BCUT2D eigenvalue weighted by Crippen LogP contribution is -2.50. The first-order valence-electron chi connectivity index (χ1n) is 16.0. The molecule has 0 aromatic heterocycles. The Balaban J connectivity index is 1.53. The first-order valence-corrected chi connectivity index (χ1v) is 25.0. The van der Waals surface area contributed by atoms with Gasteiger partial charge >= 0.3 is 0 Å². The maximum absolute atomic E-state index is 7.15. The summed E-state index contributed by atoms with van der Waals surface area (Å²) < 4.78 is 14.3. The monoisotopic (exact) mass is 574 g/mol. The summed E-state index contributed by atoms with van der Waals surface area (Å²) in [5, 5.41) is 0.554. The maximum Gasteiger partial charge on any atom is 0.192 e. The van der Waals surface area contributed by atoms with Crippen molar-refractivity contribution >= 4 is 24.7 Å². The van der Waals surface area contributed by atoms with E-state index < -0.39 is 24.7 Å². The lowest BCUT2D eigenvalue weighted by molar-refractivity contribution is 0.0697. The molecule has 38 heavy (non-hydrogen) atoms. The van der Waals surface area contributed by atoms with Crippen molar-refractivity contribution in [1.82, 2.24) is 0 Å². The second-order valence-corrected chi connectivity index (χ2v) is 31.7. The minimum atomic E-state index is -1.77. The van der Waals surface area contributed by atoms with Gasteiger partial charge in [0.25, 0.3) is 0 Å². The molecule has 8 unspecified atom stereocenters. The molecule has 0 bridgehead atoms. The average Bonchev–Trinajstić information content (AvgIpc) is 3.34. The van der Waals surface area contributed by atoms with Gasteiger partial charge in [-0.05, 0) is 91.8 Å². The largest absolute Gasteiger partial charge is 0.413 e. The van der Waals surface area contributed by atoms with Crippen molar-refractivity contribution in [3.63, 3.8) is 0 Å². The molecule has 0 heterocycles. The van der Waals surface area contributed by atoms with Crippen LogP contribution in [0.5, 0.6) is 0 Å². The van der Waals surface area contributed by atoms with Crippen molar-refractivity contribution < 1.29 is 8.85 Å². The van der Waals surface area contributed by atoms with Crippen LogP contribution in [0.3, 0.4) is 0 Å². The molecule has 0 radical (unpaired) electrons. The van der Waals surface area contributed by atoms with Crippen molar-refractivity contribution in [1.29, 1.82) is 0 Å². The van der Waals surface area contributed by atoms with E-state index in [9.17, 15) is 0 Å². The summed E-state index contributed by atoms with van der Waals surface area (Å²) in [6.45, 7) is 32.1. The van der Waals surface area contributed by atoms with Crippen molar-refractivity contribution in [3.8, 4) is 0 Å². The first kappa shape index (κ1) is 31.0. The number of fused-ring (bicyclic) bond motifs is 2. The predicted octanol–water partition coefficient (Wildman–Crippen LogP) is 10.6. The van der Waals surface area contributed by atoms with Crippen LogP contribution in [0.4, 0.5) is 0 Å². The smallest absolute Gasteiger partial charge is 0.192 e. The average molecular weight is 575 g/mol. The quantitative estimate of drug-likeness (QED) is 0.232. The summed E-state index contributed by atoms with van der Waals surface area (Å²) in [5.41, 5.74) is 3.30. The molecule has 8 atom stereocenters. The second kappa shape index (κ2) is 10.4. The van der Waals surface area contributed by atoms with Crippen molar-refractivity contribution in [3.05, 3.63) is 23.8 Å². The van der Waals surface area contributed by atoms with E-state index in [1.165, 1.54) is 38.5 Å². The highest BCUT2D eigenvalue weighted by molar-refractivity contribution is 6.81. The molecule has 0 aromatic carbocycles. The fourth-order valence-electron chi connectivity index (χ4n) is 8.40. The van der Waals surface area contributed by atoms with Crippen molar-refractivity contribution in [2.24, 2.45) is 23.7 Å². The standard InChI is InChI=1S/C33H62O2Si3/c1-23-22-27-26(17-15-19-29(27)35-38(12,13)33(5,6)7)31(23)36(8,9)30-21-20-24-25(30)16-14-18-28(24)34-37(10,11)32(2,3)4/h20-22,24-31H,14-19H2,1-13H3. The minimum Gasteiger partial charge on any atom is -0.413 e. The van der Waals surface area contributed by atoms with Crippen LogP contribution in [0.2, 0.25) is 60.4 Å². The van der Waals surface area contributed by atoms with Crippen molar-refractivity contribution in [2.45, 2.75) is 160 Å². The van der Waals surface area contributed by atoms with Crippen LogP contribution in [0, 0.1) is 23.7 Å². The number of hydrogen-bond donors (Lipinski definition) is 0. The summed E-state index contributed by atoms with van der Waals surface area (Å²) in [7, 11) is -5.14. The van der Waals surface area contributed by atoms with Crippen LogP contribution < -0.4 is 0 Å². The van der Waals surface area contributed by atoms with Gasteiger partial charge in [-0.1, -0.05) is 91.3 Å². The Hall–Kier alpha value is 0.0506. The third kappa shape index (κ3) is 5.59. The molecule has 2 fully saturated rings. The molecule has 0 aliphatic heterocycles. The van der Waals surface area contributed by atoms with E-state index in [1.54, 1.807) is 5.57 Å². The van der Waals surface area contributed by atoms with Crippen LogP contribution in [0.25, 0.3) is 0 Å². The normalized spacial score (nSPS) is 36.7. The number of rotatable bonds is 6. The molecule has 0 amide bonds. The molecule has 4 rings (SSSR count). The number of hydrogen-bond acceptors (Lipinski definition) is 2. The summed E-state index contributed by atoms with van der Waals surface area (Å²) in [4.78, 5) is 0. The lowest BCUT2D eigenvalue weighted by Gasteiger charge is -2.49. The highest BCUT2D eigenvalue weighted by Crippen LogP contribution is 2.60. The van der Waals surface area contributed by atoms with E-state index in [1.807, 2.05) is 0 Å². The third-order valence-corrected chi connectivity index (χ3v) is 26.3. The zero-order chi connectivity index (χ0) is 28.5. The zero-order valence-corrected chi connectivity index (χ0v) is 30.4. The summed E-state index contributed by atoms with van der Waals surface area (Å²) in [6.07, 6.45) is 16.9. The Morgan fingerprint density at radius 3 is 1.63 bits per heavy atom. The lowest BCUT2D eigenvalue weighted by atomic mass is 9.79. The Bertz CT molecular complexity index is 920. The minimum absolute atomic E-state index is 0.276. The van der Waals surface area contributed by atoms with Crippen LogP contribution in [0.15, 0.2) is 23.8 Å². The van der Waals surface area contributed by atoms with Gasteiger partial charge in [-0.25, -0.2) is 0 Å². The molecular formula is C33H62O2Si3. The summed E-state index contributed by atoms with van der Waals surface area (Å²) >= 11 is 0. The second-order valence-electron chi connectivity index (χ2n) is 17.3. The van der Waals surface area contributed by atoms with Gasteiger partial charge in [0, 0.05) is 11.8 Å². The highest BCUT2D eigenvalue weighted by atomic mass is 28.4. The molecule has 4 aliphatic carbocycles. The van der Waals surface area contributed by atoms with Crippen LogP contribution >= 0.6 is 0 Å². The van der Waals surface area contributed by atoms with Crippen molar-refractivity contribution in [2.75, 3.05) is 0 Å². The third-order valence-electron chi connectivity index (χ3n) is 12.4. The van der Waals surface area contributed by atoms with Gasteiger partial charge < -0.3 is 8.85 Å². The zero-order valence-electron chi connectivity index (χ0n) is 27.4. The molecule has 2 saturated carbocycles. The molecule has 0 aromatic rings. The first-order chi connectivity index (χ1) is 17.3. The van der Waals surface area contributed by atoms with Gasteiger partial charge in [0.2, 0.25) is 0 Å². The summed E-state index contributed by atoms with van der Waals surface area (Å²) in [6, 6.07) is 0. The topological polar surface area (TPSA) is 18.5 Å². The molecular weight excluding hydrogens is 513 g/mol. The number of allylic oxidation sites excluding steroid dienone is 2. The molecule has 4 aliphatic rings. The fourth-order valence-corrected chi connectivity index (χ4v) is 16.4. The molecule has 2 nitrogen and oxygen atoms in total. The summed E-state index contributed by atoms with van der Waals surface area (Å²) in [5.74, 6) is 2.87. The van der Waals surface area contributed by atoms with E-state index in [2.05, 4.69) is 106 Å². The van der Waals surface area contributed by atoms with E-state index in [0.717, 1.165) is 22.9 Å². The van der Waals surface area contributed by atoms with Gasteiger partial charge in [0.1, 0.15) is 0 Å². The maximum atomic E-state index is 7.15. The van der Waals surface area contributed by atoms with E-state index in [0.29, 0.717) is 24.0 Å². The van der Waals surface area contributed by atoms with E-state index >= 15 is 0 Å². The molecule has 0 saturated heterocycles. The Morgan fingerprint density at radius 1 is 0.658 bits per heavy atom. The van der Waals surface area contributed by atoms with Gasteiger partial charge in [0.05, 0.1) is 20.3 Å². The Labute approximate surface area is 240 Å². The molecule has 218 valence electrons. The molecule has 5 heteroatoms. The van der Waals surface area contributed by atoms with E-state index in [-0.39, 0.29) is 10.1 Å². The molecule has 0 spiro atoms. The van der Waals surface area contributed by atoms with Gasteiger partial charge in [-0.15, -0.1) is 0 Å². The van der Waals surface area contributed by atoms with Crippen LogP contribution in [-0.4, -0.2) is 36.9 Å². The Kier molecular flexibility index (Phi) is 8.48. The van der Waals surface area contributed by atoms with Gasteiger partial charge in [0.15, 0.2) is 16.6 Å². The highest BCUT2D eigenvalue weighted by Gasteiger charge is 2.56. The van der Waals surface area contributed by atoms with Gasteiger partial charge in [-0.2, -0.15) is 0 Å². The van der Waals surface area contributed by atoms with E-state index in [4.69, 9.17) is 8.85 Å². The fraction of sp³-hybridized carbons (Fsp3) is 0.879. The molecule has 0 N–H and O–H groups in total. The SMILES string of the molecule is CC1=CC2C(O[Si](C)(C)C(C)(C)C)CCCC2C1[Si](C)(C)C1C=CC2C(O[Si](C)(C)C(C)(C)C)CCCC21. The van der Waals surface area contributed by atoms with Crippen LogP contribution in [0.1, 0.15) is 87.0 Å². The predicted molar refractivity (Wildman–Crippen MR) is 174 cm³/mol. The Morgan fingerprint density at radius 2 is 1.13 bits per heavy atom. The van der Waals surface area contributed by atoms with Crippen LogP contribution in [-0.2, 0) is 8.85 Å².